The topological polar surface area (TPSA) is 93.1 Å². The number of hydrogen-bond donors (Lipinski definition) is 1. The van der Waals surface area contributed by atoms with Crippen molar-refractivity contribution in [1.82, 2.24) is 5.06 Å². The zero-order valence-corrected chi connectivity index (χ0v) is 25.0. The largest absolute Gasteiger partial charge is 0.465 e. The molecule has 0 amide bonds. The first-order valence-electron chi connectivity index (χ1n) is 14.2. The van der Waals surface area contributed by atoms with Crippen LogP contribution in [0.4, 0.5) is 8.78 Å². The van der Waals surface area contributed by atoms with E-state index in [1.165, 1.54) is 12.2 Å². The van der Waals surface area contributed by atoms with Crippen molar-refractivity contribution in [3.8, 4) is 0 Å². The number of thioether (sulfide) groups is 1. The summed E-state index contributed by atoms with van der Waals surface area (Å²) >= 11 is 2.40. The van der Waals surface area contributed by atoms with Gasteiger partial charge in [-0.2, -0.15) is 5.06 Å². The van der Waals surface area contributed by atoms with Gasteiger partial charge in [-0.1, -0.05) is 30.8 Å². The number of nitrogens with zero attached hydrogens (tertiary/aromatic N) is 1. The summed E-state index contributed by atoms with van der Waals surface area (Å²) in [6.07, 6.45) is 1.07. The summed E-state index contributed by atoms with van der Waals surface area (Å²) < 4.78 is 38.4. The summed E-state index contributed by atoms with van der Waals surface area (Å²) in [7, 11) is 0. The number of ketones is 1. The highest BCUT2D eigenvalue weighted by Gasteiger charge is 2.79. The Morgan fingerprint density at radius 2 is 2.10 bits per heavy atom. The number of fused-ring (bicyclic) bond motifs is 7. The van der Waals surface area contributed by atoms with E-state index in [9.17, 15) is 19.5 Å². The maximum atomic E-state index is 17.6. The number of ether oxygens (including phenoxy) is 1. The number of allylic oxidation sites excluding steroid dienone is 4. The summed E-state index contributed by atoms with van der Waals surface area (Å²) in [5, 5.41) is 15.1. The molecule has 2 heterocycles. The molecule has 1 aromatic heterocycles. The van der Waals surface area contributed by atoms with Crippen LogP contribution in [-0.2, 0) is 30.5 Å². The second-order valence-corrected chi connectivity index (χ2v) is 14.4. The lowest BCUT2D eigenvalue weighted by atomic mass is 9.45. The lowest BCUT2D eigenvalue weighted by Crippen LogP contribution is -2.69. The van der Waals surface area contributed by atoms with Gasteiger partial charge >= 0.3 is 5.97 Å². The Labute approximate surface area is 246 Å². The lowest BCUT2D eigenvalue weighted by molar-refractivity contribution is -0.263. The minimum Gasteiger partial charge on any atom is -0.465 e. The van der Waals surface area contributed by atoms with Crippen molar-refractivity contribution in [2.75, 3.05) is 18.9 Å². The molecule has 222 valence electrons. The summed E-state index contributed by atoms with van der Waals surface area (Å²) in [5.74, 6) is -3.25. The molecular weight excluding hydrogens is 572 g/mol. The Hall–Kier alpha value is -1.92. The summed E-state index contributed by atoms with van der Waals surface area (Å²) in [4.78, 5) is 46.2. The number of carbonyl (C=O) groups excluding carboxylic acids is 3. The number of hydrogen-bond acceptors (Lipinski definition) is 9. The number of hydroxylamine groups is 2. The van der Waals surface area contributed by atoms with Crippen molar-refractivity contribution in [3.05, 3.63) is 45.9 Å². The van der Waals surface area contributed by atoms with Crippen LogP contribution < -0.4 is 0 Å². The highest BCUT2D eigenvalue weighted by atomic mass is 32.2. The molecule has 4 aliphatic carbocycles. The van der Waals surface area contributed by atoms with Crippen LogP contribution in [0.25, 0.3) is 0 Å². The summed E-state index contributed by atoms with van der Waals surface area (Å²) in [6, 6.07) is 3.92. The SMILES string of the molecule is CCOC(=O)CSC(=O)[C@@]12ON(Cc3cccs3)C[C@@H]1C[C@H]1[C@@H]3CC(F)=C4CC(=O)C=C[C@]4(C)[C@@]3(F)[C@@H](O)C[C@@]12C. The van der Waals surface area contributed by atoms with E-state index in [1.54, 1.807) is 30.2 Å². The predicted octanol–water partition coefficient (Wildman–Crippen LogP) is 4.95. The predicted molar refractivity (Wildman–Crippen MR) is 150 cm³/mol. The lowest BCUT2D eigenvalue weighted by Gasteiger charge is -2.62. The molecule has 0 spiro atoms. The van der Waals surface area contributed by atoms with Gasteiger partial charge in [0.05, 0.1) is 25.0 Å². The third-order valence-corrected chi connectivity index (χ3v) is 12.4. The number of thiophene rings is 1. The van der Waals surface area contributed by atoms with Crippen molar-refractivity contribution < 1.29 is 37.8 Å². The van der Waals surface area contributed by atoms with E-state index in [1.807, 2.05) is 24.4 Å². The fourth-order valence-electron chi connectivity index (χ4n) is 8.74. The normalized spacial score (nSPS) is 41.6. The first kappa shape index (κ1) is 29.2. The highest BCUT2D eigenvalue weighted by molar-refractivity contribution is 8.14. The van der Waals surface area contributed by atoms with Crippen LogP contribution in [0.2, 0.25) is 0 Å². The second kappa shape index (κ2) is 10.1. The van der Waals surface area contributed by atoms with Gasteiger partial charge in [-0.25, -0.2) is 8.78 Å². The molecule has 0 radical (unpaired) electrons. The number of halogens is 2. The van der Waals surface area contributed by atoms with Gasteiger partial charge in [0.2, 0.25) is 5.12 Å². The van der Waals surface area contributed by atoms with Crippen LogP contribution >= 0.6 is 23.1 Å². The van der Waals surface area contributed by atoms with Gasteiger partial charge in [0.25, 0.3) is 0 Å². The minimum atomic E-state index is -2.23. The highest BCUT2D eigenvalue weighted by Crippen LogP contribution is 2.73. The number of carbonyl (C=O) groups is 3. The molecular formula is C30H35F2NO6S2. The van der Waals surface area contributed by atoms with E-state index in [-0.39, 0.29) is 54.0 Å². The van der Waals surface area contributed by atoms with Crippen LogP contribution in [0.1, 0.15) is 51.3 Å². The molecule has 0 bridgehead atoms. The van der Waals surface area contributed by atoms with E-state index in [0.29, 0.717) is 19.5 Å². The third-order valence-electron chi connectivity index (χ3n) is 10.5. The first-order valence-corrected chi connectivity index (χ1v) is 16.0. The molecule has 41 heavy (non-hydrogen) atoms. The summed E-state index contributed by atoms with van der Waals surface area (Å²) in [5.41, 5.74) is -6.07. The van der Waals surface area contributed by atoms with Crippen molar-refractivity contribution in [2.45, 2.75) is 70.4 Å². The maximum Gasteiger partial charge on any atom is 0.316 e. The Morgan fingerprint density at radius 3 is 2.80 bits per heavy atom. The molecule has 8 atom stereocenters. The Balaban J connectivity index is 1.40. The molecule has 1 N–H and O–H groups in total. The monoisotopic (exact) mass is 607 g/mol. The van der Waals surface area contributed by atoms with Crippen molar-refractivity contribution in [3.63, 3.8) is 0 Å². The number of alkyl halides is 1. The molecule has 7 nitrogen and oxygen atoms in total. The van der Waals surface area contributed by atoms with Gasteiger partial charge in [-0.3, -0.25) is 19.2 Å². The quantitative estimate of drug-likeness (QED) is 0.455. The molecule has 2 saturated carbocycles. The molecule has 0 unspecified atom stereocenters. The van der Waals surface area contributed by atoms with E-state index in [4.69, 9.17) is 9.57 Å². The maximum absolute atomic E-state index is 17.6. The standard InChI is InChI=1S/C30H35F2NO6S2/c1-4-38-25(36)16-41-26(37)30-17(14-33(39-30)15-19-6-5-9-40-19)10-20-21-12-23(31)22-11-18(34)7-8-27(22,2)29(21,32)24(35)13-28(20,30)3/h5-9,17,20-21,24,35H,4,10-16H2,1-3H3/t17-,20-,21-,24-,27-,28-,29-,30-/m0/s1. The van der Waals surface area contributed by atoms with Crippen molar-refractivity contribution in [2.24, 2.45) is 28.6 Å². The molecule has 1 saturated heterocycles. The van der Waals surface area contributed by atoms with Gasteiger partial charge in [-0.05, 0) is 55.7 Å². The fourth-order valence-corrected chi connectivity index (χ4v) is 10.4. The molecule has 0 aromatic carbocycles. The molecule has 1 aromatic rings. The van der Waals surface area contributed by atoms with Crippen molar-refractivity contribution >= 4 is 40.0 Å². The number of esters is 1. The number of aliphatic hydroxyl groups excluding tert-OH is 1. The Morgan fingerprint density at radius 1 is 1.32 bits per heavy atom. The molecule has 11 heteroatoms. The molecule has 5 aliphatic rings. The van der Waals surface area contributed by atoms with Crippen LogP contribution in [0.5, 0.6) is 0 Å². The van der Waals surface area contributed by atoms with Crippen LogP contribution in [0.15, 0.2) is 41.1 Å². The zero-order valence-electron chi connectivity index (χ0n) is 23.4. The minimum absolute atomic E-state index is 0.0774. The Kier molecular flexibility index (Phi) is 7.17. The first-order chi connectivity index (χ1) is 19.4. The van der Waals surface area contributed by atoms with Crippen molar-refractivity contribution in [1.29, 1.82) is 0 Å². The van der Waals surface area contributed by atoms with Crippen LogP contribution in [0, 0.1) is 28.6 Å². The van der Waals surface area contributed by atoms with Gasteiger partial charge in [-0.15, -0.1) is 11.3 Å². The number of rotatable bonds is 6. The fraction of sp³-hybridized carbons (Fsp3) is 0.633. The molecule has 1 aliphatic heterocycles. The average Bonchev–Trinajstić information content (AvgIpc) is 3.62. The van der Waals surface area contributed by atoms with E-state index in [0.717, 1.165) is 16.6 Å². The Bertz CT molecular complexity index is 1330. The number of aliphatic hydroxyl groups is 1. The molecule has 3 fully saturated rings. The second-order valence-electron chi connectivity index (χ2n) is 12.4. The van der Waals surface area contributed by atoms with E-state index in [2.05, 4.69) is 0 Å². The van der Waals surface area contributed by atoms with Crippen LogP contribution in [-0.4, -0.2) is 63.3 Å². The van der Waals surface area contributed by atoms with E-state index < -0.39 is 51.8 Å². The van der Waals surface area contributed by atoms with Gasteiger partial charge in [0, 0.05) is 46.9 Å². The van der Waals surface area contributed by atoms with Crippen LogP contribution in [0.3, 0.4) is 0 Å². The van der Waals surface area contributed by atoms with Gasteiger partial charge < -0.3 is 9.84 Å². The molecule has 6 rings (SSSR count). The van der Waals surface area contributed by atoms with Gasteiger partial charge in [0.15, 0.2) is 17.1 Å². The zero-order chi connectivity index (χ0) is 29.4. The van der Waals surface area contributed by atoms with E-state index >= 15 is 8.78 Å². The van der Waals surface area contributed by atoms with Gasteiger partial charge in [0.1, 0.15) is 5.83 Å². The average molecular weight is 608 g/mol. The smallest absolute Gasteiger partial charge is 0.316 e. The third kappa shape index (κ3) is 4.02. The summed E-state index contributed by atoms with van der Waals surface area (Å²) in [6.45, 7) is 6.19.